The number of rotatable bonds is 11. The highest BCUT2D eigenvalue weighted by molar-refractivity contribution is 7.89. The van der Waals surface area contributed by atoms with Crippen LogP contribution in [0.2, 0.25) is 0 Å². The van der Waals surface area contributed by atoms with Gasteiger partial charge < -0.3 is 5.32 Å². The predicted octanol–water partition coefficient (Wildman–Crippen LogP) is 2.22. The molecule has 0 heterocycles. The van der Waals surface area contributed by atoms with Gasteiger partial charge in [0.05, 0.1) is 5.25 Å². The van der Waals surface area contributed by atoms with Crippen molar-refractivity contribution in [2.75, 3.05) is 26.2 Å². The maximum absolute atomic E-state index is 12.4. The van der Waals surface area contributed by atoms with E-state index in [-0.39, 0.29) is 5.25 Å². The van der Waals surface area contributed by atoms with Crippen LogP contribution in [0.5, 0.6) is 0 Å². The first-order valence-corrected chi connectivity index (χ1v) is 8.70. The molecule has 0 fully saturated rings. The van der Waals surface area contributed by atoms with Crippen molar-refractivity contribution < 1.29 is 8.42 Å². The fraction of sp³-hybridized carbons (Fsp3) is 1.00. The summed E-state index contributed by atoms with van der Waals surface area (Å²) in [6.07, 6.45) is 3.94. The fourth-order valence-electron chi connectivity index (χ4n) is 1.74. The van der Waals surface area contributed by atoms with Gasteiger partial charge in [-0.25, -0.2) is 12.7 Å². The van der Waals surface area contributed by atoms with Gasteiger partial charge in [-0.2, -0.15) is 0 Å². The van der Waals surface area contributed by atoms with Gasteiger partial charge in [0.2, 0.25) is 10.0 Å². The van der Waals surface area contributed by atoms with Gasteiger partial charge >= 0.3 is 0 Å². The average molecular weight is 278 g/mol. The first kappa shape index (κ1) is 17.9. The van der Waals surface area contributed by atoms with Crippen molar-refractivity contribution in [2.45, 2.75) is 58.6 Å². The first-order chi connectivity index (χ1) is 8.50. The highest BCUT2D eigenvalue weighted by Crippen LogP contribution is 2.11. The molecule has 4 nitrogen and oxygen atoms in total. The summed E-state index contributed by atoms with van der Waals surface area (Å²) in [5, 5.41) is 2.77. The van der Waals surface area contributed by atoms with E-state index in [0.29, 0.717) is 19.6 Å². The standard InChI is InChI=1S/C13H30N2O2S/c1-5-8-10-15(11-9-6-2)18(16,17)13(4)12-14-7-3/h13-14H,5-12H2,1-4H3. The van der Waals surface area contributed by atoms with Gasteiger partial charge in [0.1, 0.15) is 0 Å². The van der Waals surface area contributed by atoms with E-state index in [4.69, 9.17) is 0 Å². The van der Waals surface area contributed by atoms with Gasteiger partial charge in [0.15, 0.2) is 0 Å². The molecule has 0 saturated carbocycles. The summed E-state index contributed by atoms with van der Waals surface area (Å²) < 4.78 is 26.6. The number of hydrogen-bond donors (Lipinski definition) is 1. The molecule has 0 aromatic carbocycles. The zero-order valence-corrected chi connectivity index (χ0v) is 13.2. The molecule has 0 aliphatic rings. The van der Waals surface area contributed by atoms with E-state index in [1.165, 1.54) is 0 Å². The minimum Gasteiger partial charge on any atom is -0.316 e. The van der Waals surface area contributed by atoms with Crippen molar-refractivity contribution in [3.05, 3.63) is 0 Å². The number of nitrogens with zero attached hydrogens (tertiary/aromatic N) is 1. The number of unbranched alkanes of at least 4 members (excludes halogenated alkanes) is 2. The summed E-state index contributed by atoms with van der Waals surface area (Å²) in [6.45, 7) is 10.6. The van der Waals surface area contributed by atoms with E-state index in [1.807, 2.05) is 6.92 Å². The smallest absolute Gasteiger partial charge is 0.217 e. The van der Waals surface area contributed by atoms with Crippen molar-refractivity contribution in [3.8, 4) is 0 Å². The Balaban J connectivity index is 4.60. The fourth-order valence-corrected chi connectivity index (χ4v) is 3.35. The number of sulfonamides is 1. The normalized spacial score (nSPS) is 14.1. The van der Waals surface area contributed by atoms with Crippen LogP contribution in [-0.4, -0.2) is 44.2 Å². The Labute approximate surface area is 113 Å². The van der Waals surface area contributed by atoms with E-state index in [0.717, 1.165) is 32.2 Å². The second-order valence-corrected chi connectivity index (χ2v) is 7.12. The van der Waals surface area contributed by atoms with Crippen LogP contribution in [0.3, 0.4) is 0 Å². The quantitative estimate of drug-likeness (QED) is 0.630. The summed E-state index contributed by atoms with van der Waals surface area (Å²) in [7, 11) is -3.15. The highest BCUT2D eigenvalue weighted by atomic mass is 32.2. The molecule has 0 radical (unpaired) electrons. The summed E-state index contributed by atoms with van der Waals surface area (Å²) in [6, 6.07) is 0. The molecule has 1 N–H and O–H groups in total. The predicted molar refractivity (Wildman–Crippen MR) is 78.3 cm³/mol. The van der Waals surface area contributed by atoms with Crippen LogP contribution in [0.1, 0.15) is 53.4 Å². The Hall–Kier alpha value is -0.130. The lowest BCUT2D eigenvalue weighted by Gasteiger charge is -2.25. The Morgan fingerprint density at radius 2 is 1.56 bits per heavy atom. The van der Waals surface area contributed by atoms with E-state index in [9.17, 15) is 8.42 Å². The molecule has 0 rings (SSSR count). The minimum absolute atomic E-state index is 0.342. The lowest BCUT2D eigenvalue weighted by Crippen LogP contribution is -2.42. The van der Waals surface area contributed by atoms with E-state index < -0.39 is 10.0 Å². The Morgan fingerprint density at radius 1 is 1.06 bits per heavy atom. The molecular formula is C13H30N2O2S. The van der Waals surface area contributed by atoms with Crippen molar-refractivity contribution in [3.63, 3.8) is 0 Å². The van der Waals surface area contributed by atoms with Crippen LogP contribution in [0.25, 0.3) is 0 Å². The van der Waals surface area contributed by atoms with Gasteiger partial charge in [-0.1, -0.05) is 33.6 Å². The summed E-state index contributed by atoms with van der Waals surface area (Å²) in [5.41, 5.74) is 0. The zero-order chi connectivity index (χ0) is 14.0. The molecule has 0 aliphatic heterocycles. The van der Waals surface area contributed by atoms with Crippen LogP contribution in [-0.2, 0) is 10.0 Å². The number of hydrogen-bond acceptors (Lipinski definition) is 3. The monoisotopic (exact) mass is 278 g/mol. The van der Waals surface area contributed by atoms with Crippen LogP contribution in [0.15, 0.2) is 0 Å². The maximum Gasteiger partial charge on any atom is 0.217 e. The largest absolute Gasteiger partial charge is 0.316 e. The molecule has 5 heteroatoms. The third-order valence-electron chi connectivity index (χ3n) is 3.07. The molecule has 0 amide bonds. The molecule has 1 atom stereocenters. The van der Waals surface area contributed by atoms with Gasteiger partial charge in [0, 0.05) is 19.6 Å². The van der Waals surface area contributed by atoms with Crippen LogP contribution >= 0.6 is 0 Å². The van der Waals surface area contributed by atoms with E-state index in [2.05, 4.69) is 19.2 Å². The molecule has 0 aromatic heterocycles. The van der Waals surface area contributed by atoms with Gasteiger partial charge in [-0.15, -0.1) is 0 Å². The second-order valence-electron chi connectivity index (χ2n) is 4.77. The zero-order valence-electron chi connectivity index (χ0n) is 12.4. The molecular weight excluding hydrogens is 248 g/mol. The van der Waals surface area contributed by atoms with Crippen LogP contribution in [0.4, 0.5) is 0 Å². The molecule has 110 valence electrons. The third-order valence-corrected chi connectivity index (χ3v) is 5.34. The maximum atomic E-state index is 12.4. The van der Waals surface area contributed by atoms with Crippen molar-refractivity contribution in [1.29, 1.82) is 0 Å². The van der Waals surface area contributed by atoms with E-state index >= 15 is 0 Å². The van der Waals surface area contributed by atoms with Crippen LogP contribution in [0, 0.1) is 0 Å². The minimum atomic E-state index is -3.15. The summed E-state index contributed by atoms with van der Waals surface area (Å²) in [4.78, 5) is 0. The average Bonchev–Trinajstić information content (AvgIpc) is 2.35. The van der Waals surface area contributed by atoms with E-state index in [1.54, 1.807) is 11.2 Å². The molecule has 1 unspecified atom stereocenters. The second kappa shape index (κ2) is 9.75. The molecule has 0 spiro atoms. The molecule has 0 aromatic rings. The Bertz CT molecular complexity index is 283. The first-order valence-electron chi connectivity index (χ1n) is 7.20. The molecule has 0 bridgehead atoms. The SMILES string of the molecule is CCCCN(CCCC)S(=O)(=O)C(C)CNCC. The van der Waals surface area contributed by atoms with Crippen molar-refractivity contribution in [2.24, 2.45) is 0 Å². The summed E-state index contributed by atoms with van der Waals surface area (Å²) >= 11 is 0. The van der Waals surface area contributed by atoms with Gasteiger partial charge in [-0.3, -0.25) is 0 Å². The van der Waals surface area contributed by atoms with Crippen LogP contribution < -0.4 is 5.32 Å². The number of nitrogens with one attached hydrogen (secondary N) is 1. The van der Waals surface area contributed by atoms with Gasteiger partial charge in [0.25, 0.3) is 0 Å². The molecule has 0 aliphatic carbocycles. The Kier molecular flexibility index (Phi) is 9.68. The van der Waals surface area contributed by atoms with Gasteiger partial charge in [-0.05, 0) is 26.3 Å². The Morgan fingerprint density at radius 3 is 1.94 bits per heavy atom. The third kappa shape index (κ3) is 6.16. The lowest BCUT2D eigenvalue weighted by atomic mass is 10.3. The molecule has 0 saturated heterocycles. The topological polar surface area (TPSA) is 49.4 Å². The molecule has 18 heavy (non-hydrogen) atoms. The van der Waals surface area contributed by atoms with Crippen molar-refractivity contribution >= 4 is 10.0 Å². The van der Waals surface area contributed by atoms with Crippen molar-refractivity contribution in [1.82, 2.24) is 9.62 Å². The summed E-state index contributed by atoms with van der Waals surface area (Å²) in [5.74, 6) is 0. The highest BCUT2D eigenvalue weighted by Gasteiger charge is 2.27. The lowest BCUT2D eigenvalue weighted by molar-refractivity contribution is 0.388.